The van der Waals surface area contributed by atoms with E-state index < -0.39 is 0 Å². The summed E-state index contributed by atoms with van der Waals surface area (Å²) in [5, 5.41) is 0. The SMILES string of the molecule is CCCC[C@H](CC)C[C@H](OC)c1ccc(C(C)(C)C)cc1. The van der Waals surface area contributed by atoms with E-state index in [4.69, 9.17) is 4.74 Å². The first-order chi connectivity index (χ1) is 9.92. The number of rotatable bonds is 8. The third-order valence-corrected chi connectivity index (χ3v) is 4.52. The summed E-state index contributed by atoms with van der Waals surface area (Å²) in [6.07, 6.45) is 6.57. The number of hydrogen-bond acceptors (Lipinski definition) is 1. The standard InChI is InChI=1S/C20H34O/c1-7-9-10-16(8-2)15-19(21-6)17-11-13-18(14-12-17)20(3,4)5/h11-14,16,19H,7-10,15H2,1-6H3/t16-,19-/m0/s1. The molecular formula is C20H34O. The molecule has 0 aliphatic heterocycles. The molecule has 0 saturated carbocycles. The maximum Gasteiger partial charge on any atom is 0.0823 e. The van der Waals surface area contributed by atoms with Crippen LogP contribution in [0.5, 0.6) is 0 Å². The second-order valence-electron chi connectivity index (χ2n) is 7.25. The second-order valence-corrected chi connectivity index (χ2v) is 7.25. The average molecular weight is 290 g/mol. The number of hydrogen-bond donors (Lipinski definition) is 0. The molecule has 0 spiro atoms. The van der Waals surface area contributed by atoms with Gasteiger partial charge in [0.15, 0.2) is 0 Å². The molecule has 21 heavy (non-hydrogen) atoms. The molecule has 0 saturated heterocycles. The minimum atomic E-state index is 0.216. The molecule has 0 unspecified atom stereocenters. The van der Waals surface area contributed by atoms with E-state index in [1.165, 1.54) is 36.8 Å². The highest BCUT2D eigenvalue weighted by atomic mass is 16.5. The lowest BCUT2D eigenvalue weighted by Crippen LogP contribution is -2.12. The van der Waals surface area contributed by atoms with Crippen LogP contribution in [-0.2, 0) is 10.2 Å². The summed E-state index contributed by atoms with van der Waals surface area (Å²) in [6.45, 7) is 11.3. The third kappa shape index (κ3) is 5.82. The topological polar surface area (TPSA) is 9.23 Å². The zero-order valence-corrected chi connectivity index (χ0v) is 14.9. The van der Waals surface area contributed by atoms with Gasteiger partial charge in [0, 0.05) is 7.11 Å². The smallest absolute Gasteiger partial charge is 0.0823 e. The van der Waals surface area contributed by atoms with Crippen molar-refractivity contribution in [1.29, 1.82) is 0 Å². The zero-order valence-electron chi connectivity index (χ0n) is 14.9. The van der Waals surface area contributed by atoms with E-state index >= 15 is 0 Å². The van der Waals surface area contributed by atoms with Gasteiger partial charge in [-0.25, -0.2) is 0 Å². The fraction of sp³-hybridized carbons (Fsp3) is 0.700. The zero-order chi connectivity index (χ0) is 15.9. The Morgan fingerprint density at radius 3 is 2.10 bits per heavy atom. The van der Waals surface area contributed by atoms with Crippen molar-refractivity contribution in [1.82, 2.24) is 0 Å². The van der Waals surface area contributed by atoms with E-state index in [9.17, 15) is 0 Å². The van der Waals surface area contributed by atoms with Crippen LogP contribution in [0, 0.1) is 5.92 Å². The maximum absolute atomic E-state index is 5.77. The van der Waals surface area contributed by atoms with Crippen molar-refractivity contribution < 1.29 is 4.74 Å². The number of ether oxygens (including phenoxy) is 1. The third-order valence-electron chi connectivity index (χ3n) is 4.52. The molecule has 1 aromatic carbocycles. The van der Waals surface area contributed by atoms with Gasteiger partial charge in [0.1, 0.15) is 0 Å². The fourth-order valence-electron chi connectivity index (χ4n) is 2.85. The molecule has 1 aromatic rings. The van der Waals surface area contributed by atoms with Gasteiger partial charge in [0.05, 0.1) is 6.10 Å². The number of benzene rings is 1. The first-order valence-electron chi connectivity index (χ1n) is 8.55. The predicted molar refractivity (Wildman–Crippen MR) is 92.8 cm³/mol. The van der Waals surface area contributed by atoms with Crippen LogP contribution >= 0.6 is 0 Å². The monoisotopic (exact) mass is 290 g/mol. The summed E-state index contributed by atoms with van der Waals surface area (Å²) in [6, 6.07) is 9.02. The largest absolute Gasteiger partial charge is 0.377 e. The van der Waals surface area contributed by atoms with Crippen LogP contribution < -0.4 is 0 Å². The molecule has 1 nitrogen and oxygen atoms in total. The quantitative estimate of drug-likeness (QED) is 0.547. The van der Waals surface area contributed by atoms with Crippen molar-refractivity contribution in [3.63, 3.8) is 0 Å². The molecular weight excluding hydrogens is 256 g/mol. The molecule has 0 radical (unpaired) electrons. The van der Waals surface area contributed by atoms with Gasteiger partial charge in [-0.15, -0.1) is 0 Å². The summed E-state index contributed by atoms with van der Waals surface area (Å²) < 4.78 is 5.77. The van der Waals surface area contributed by atoms with Crippen molar-refractivity contribution in [3.05, 3.63) is 35.4 Å². The highest BCUT2D eigenvalue weighted by molar-refractivity contribution is 5.28. The van der Waals surface area contributed by atoms with Gasteiger partial charge >= 0.3 is 0 Å². The summed E-state index contributed by atoms with van der Waals surface area (Å²) >= 11 is 0. The van der Waals surface area contributed by atoms with Crippen molar-refractivity contribution in [2.45, 2.75) is 78.2 Å². The van der Waals surface area contributed by atoms with Crippen molar-refractivity contribution in [3.8, 4) is 0 Å². The van der Waals surface area contributed by atoms with Gasteiger partial charge < -0.3 is 4.74 Å². The molecule has 0 bridgehead atoms. The van der Waals surface area contributed by atoms with Gasteiger partial charge in [0.25, 0.3) is 0 Å². The summed E-state index contributed by atoms with van der Waals surface area (Å²) in [5.41, 5.74) is 2.92. The van der Waals surface area contributed by atoms with E-state index in [0.29, 0.717) is 0 Å². The lowest BCUT2D eigenvalue weighted by molar-refractivity contribution is 0.0774. The van der Waals surface area contributed by atoms with Gasteiger partial charge in [0.2, 0.25) is 0 Å². The van der Waals surface area contributed by atoms with Crippen LogP contribution in [0.25, 0.3) is 0 Å². The molecule has 0 N–H and O–H groups in total. The Hall–Kier alpha value is -0.820. The molecule has 0 fully saturated rings. The first-order valence-corrected chi connectivity index (χ1v) is 8.55. The van der Waals surface area contributed by atoms with Crippen molar-refractivity contribution in [2.75, 3.05) is 7.11 Å². The Bertz CT molecular complexity index is 385. The van der Waals surface area contributed by atoms with Crippen LogP contribution in [0.4, 0.5) is 0 Å². The molecule has 0 heterocycles. The second kappa shape index (κ2) is 8.58. The van der Waals surface area contributed by atoms with Crippen molar-refractivity contribution >= 4 is 0 Å². The van der Waals surface area contributed by atoms with Gasteiger partial charge in [-0.2, -0.15) is 0 Å². The predicted octanol–water partition coefficient (Wildman–Crippen LogP) is 6.28. The van der Waals surface area contributed by atoms with Crippen LogP contribution in [0.3, 0.4) is 0 Å². The van der Waals surface area contributed by atoms with E-state index in [1.54, 1.807) is 0 Å². The van der Waals surface area contributed by atoms with E-state index in [2.05, 4.69) is 58.9 Å². The molecule has 0 aliphatic carbocycles. The molecule has 0 aromatic heterocycles. The maximum atomic E-state index is 5.77. The first kappa shape index (κ1) is 18.2. The highest BCUT2D eigenvalue weighted by Gasteiger charge is 2.18. The summed E-state index contributed by atoms with van der Waals surface area (Å²) in [4.78, 5) is 0. The molecule has 1 heteroatoms. The highest BCUT2D eigenvalue weighted by Crippen LogP contribution is 2.30. The Labute approximate surface area is 132 Å². The van der Waals surface area contributed by atoms with Crippen LogP contribution in [0.2, 0.25) is 0 Å². The lowest BCUT2D eigenvalue weighted by Gasteiger charge is -2.24. The minimum Gasteiger partial charge on any atom is -0.377 e. The molecule has 0 amide bonds. The Balaban J connectivity index is 2.75. The van der Waals surface area contributed by atoms with Gasteiger partial charge in [-0.3, -0.25) is 0 Å². The molecule has 0 aliphatic rings. The number of unbranched alkanes of at least 4 members (excludes halogenated alkanes) is 1. The lowest BCUT2D eigenvalue weighted by atomic mass is 9.85. The molecule has 120 valence electrons. The number of methoxy groups -OCH3 is 1. The minimum absolute atomic E-state index is 0.216. The van der Waals surface area contributed by atoms with Crippen LogP contribution in [-0.4, -0.2) is 7.11 Å². The van der Waals surface area contributed by atoms with Crippen LogP contribution in [0.15, 0.2) is 24.3 Å². The average Bonchev–Trinajstić information content (AvgIpc) is 2.47. The van der Waals surface area contributed by atoms with Crippen molar-refractivity contribution in [2.24, 2.45) is 5.92 Å². The van der Waals surface area contributed by atoms with E-state index in [-0.39, 0.29) is 11.5 Å². The van der Waals surface area contributed by atoms with E-state index in [0.717, 1.165) is 12.3 Å². The summed E-state index contributed by atoms with van der Waals surface area (Å²) in [7, 11) is 1.84. The molecule has 1 rings (SSSR count). The van der Waals surface area contributed by atoms with Crippen LogP contribution in [0.1, 0.15) is 84.0 Å². The normalized spacial score (nSPS) is 15.0. The van der Waals surface area contributed by atoms with E-state index in [1.807, 2.05) is 7.11 Å². The van der Waals surface area contributed by atoms with Gasteiger partial charge in [-0.1, -0.05) is 84.6 Å². The van der Waals surface area contributed by atoms with Gasteiger partial charge in [-0.05, 0) is 28.9 Å². The fourth-order valence-corrected chi connectivity index (χ4v) is 2.85. The Morgan fingerprint density at radius 2 is 1.67 bits per heavy atom. The Kier molecular flexibility index (Phi) is 7.45. The Morgan fingerprint density at radius 1 is 1.05 bits per heavy atom. The summed E-state index contributed by atoms with van der Waals surface area (Å²) in [5.74, 6) is 0.775. The molecule has 2 atom stereocenters.